The van der Waals surface area contributed by atoms with E-state index < -0.39 is 65.6 Å². The first kappa shape index (κ1) is 23.9. The number of amides is 4. The van der Waals surface area contributed by atoms with E-state index in [9.17, 15) is 24.0 Å². The molecule has 4 heterocycles. The van der Waals surface area contributed by atoms with Gasteiger partial charge in [0.05, 0.1) is 31.2 Å². The molecular formula is C26H24N6O6. The van der Waals surface area contributed by atoms with E-state index in [0.29, 0.717) is 11.3 Å². The molecule has 4 aliphatic heterocycles. The summed E-state index contributed by atoms with van der Waals surface area (Å²) in [5.74, 6) is -4.18. The molecule has 4 aliphatic rings. The summed E-state index contributed by atoms with van der Waals surface area (Å²) in [5.41, 5.74) is 1.80. The number of nitrogens with zero attached hydrogens (tertiary/aromatic N) is 5. The summed E-state index contributed by atoms with van der Waals surface area (Å²) in [4.78, 5) is 67.4. The summed E-state index contributed by atoms with van der Waals surface area (Å²) >= 11 is 0. The lowest BCUT2D eigenvalue weighted by Crippen LogP contribution is -2.43. The Morgan fingerprint density at radius 3 is 2.34 bits per heavy atom. The van der Waals surface area contributed by atoms with Gasteiger partial charge >= 0.3 is 5.97 Å². The van der Waals surface area contributed by atoms with Crippen LogP contribution in [0.3, 0.4) is 0 Å². The summed E-state index contributed by atoms with van der Waals surface area (Å²) in [5, 5.41) is 12.8. The van der Waals surface area contributed by atoms with Crippen LogP contribution >= 0.6 is 0 Å². The minimum Gasteiger partial charge on any atom is -0.468 e. The topological polar surface area (TPSA) is 141 Å². The molecule has 0 aromatic heterocycles. The Labute approximate surface area is 217 Å². The van der Waals surface area contributed by atoms with Gasteiger partial charge in [-0.05, 0) is 17.2 Å². The Hall–Kier alpha value is -4.45. The molecule has 194 valence electrons. The Bertz CT molecular complexity index is 1400. The molecule has 3 saturated heterocycles. The predicted molar refractivity (Wildman–Crippen MR) is 130 cm³/mol. The first-order valence-corrected chi connectivity index (χ1v) is 12.2. The first-order valence-electron chi connectivity index (χ1n) is 12.2. The van der Waals surface area contributed by atoms with Gasteiger partial charge in [-0.3, -0.25) is 39.1 Å². The van der Waals surface area contributed by atoms with E-state index >= 15 is 0 Å². The lowest BCUT2D eigenvalue weighted by Gasteiger charge is -2.27. The van der Waals surface area contributed by atoms with Crippen molar-refractivity contribution in [3.05, 3.63) is 65.7 Å². The molecule has 0 spiro atoms. The predicted octanol–water partition coefficient (Wildman–Crippen LogP) is 0.597. The number of benzene rings is 2. The van der Waals surface area contributed by atoms with Gasteiger partial charge < -0.3 is 4.74 Å². The lowest BCUT2D eigenvalue weighted by atomic mass is 9.86. The maximum atomic E-state index is 13.5. The van der Waals surface area contributed by atoms with E-state index in [1.165, 1.54) is 24.1 Å². The number of fused-ring (bicyclic) bond motifs is 2. The van der Waals surface area contributed by atoms with Crippen molar-refractivity contribution in [2.45, 2.75) is 30.7 Å². The summed E-state index contributed by atoms with van der Waals surface area (Å²) in [7, 11) is 2.61. The molecule has 0 bridgehead atoms. The highest BCUT2D eigenvalue weighted by Gasteiger charge is 2.61. The number of carbonyl (C=O) groups excluding carboxylic acids is 5. The smallest absolute Gasteiger partial charge is 0.323 e. The van der Waals surface area contributed by atoms with Crippen molar-refractivity contribution >= 4 is 35.3 Å². The van der Waals surface area contributed by atoms with Crippen LogP contribution in [0, 0.1) is 11.8 Å². The summed E-state index contributed by atoms with van der Waals surface area (Å²) in [6.45, 7) is 0.119. The third-order valence-corrected chi connectivity index (χ3v) is 7.73. The minimum atomic E-state index is -1.02. The Kier molecular flexibility index (Phi) is 5.56. The summed E-state index contributed by atoms with van der Waals surface area (Å²) < 4.78 is 4.90. The number of esters is 1. The third kappa shape index (κ3) is 3.36. The molecule has 2 aromatic carbocycles. The van der Waals surface area contributed by atoms with Gasteiger partial charge in [0.2, 0.25) is 11.8 Å². The number of carbonyl (C=O) groups is 5. The van der Waals surface area contributed by atoms with Crippen LogP contribution in [-0.2, 0) is 35.3 Å². The fourth-order valence-electron chi connectivity index (χ4n) is 5.88. The number of rotatable bonds is 5. The number of nitrogens with one attached hydrogen (secondary N) is 1. The van der Waals surface area contributed by atoms with Crippen LogP contribution < -0.4 is 10.3 Å². The highest BCUT2D eigenvalue weighted by molar-refractivity contribution is 6.11. The van der Waals surface area contributed by atoms with Gasteiger partial charge in [-0.25, -0.2) is 5.01 Å². The number of anilines is 1. The zero-order valence-corrected chi connectivity index (χ0v) is 20.6. The first-order chi connectivity index (χ1) is 18.3. The van der Waals surface area contributed by atoms with Gasteiger partial charge in [-0.15, -0.1) is 0 Å². The second-order valence-corrected chi connectivity index (χ2v) is 9.68. The fourth-order valence-corrected chi connectivity index (χ4v) is 5.88. The van der Waals surface area contributed by atoms with Crippen LogP contribution in [0.2, 0.25) is 0 Å². The number of methoxy groups -OCH3 is 1. The molecule has 1 N–H and O–H groups in total. The van der Waals surface area contributed by atoms with Crippen LogP contribution in [0.1, 0.15) is 17.2 Å². The van der Waals surface area contributed by atoms with Crippen LogP contribution in [0.5, 0.6) is 0 Å². The normalized spacial score (nSPS) is 29.9. The van der Waals surface area contributed by atoms with E-state index in [1.54, 1.807) is 24.3 Å². The number of likely N-dealkylation sites (tertiary alicyclic amines) is 2. The largest absolute Gasteiger partial charge is 0.468 e. The molecule has 4 amide bonds. The molecule has 38 heavy (non-hydrogen) atoms. The molecule has 6 rings (SSSR count). The van der Waals surface area contributed by atoms with E-state index in [1.807, 2.05) is 30.3 Å². The summed E-state index contributed by atoms with van der Waals surface area (Å²) in [6, 6.07) is 12.4. The quantitative estimate of drug-likeness (QED) is 0.450. The molecule has 0 saturated carbocycles. The highest BCUT2D eigenvalue weighted by atomic mass is 16.5. The molecule has 0 radical (unpaired) electrons. The number of imide groups is 2. The number of hydrogen-bond donors (Lipinski definition) is 1. The van der Waals surface area contributed by atoms with Crippen molar-refractivity contribution in [2.24, 2.45) is 22.2 Å². The van der Waals surface area contributed by atoms with Crippen LogP contribution in [0.4, 0.5) is 5.69 Å². The molecule has 3 fully saturated rings. The number of ether oxygens (including phenoxy) is 1. The SMILES string of the molecule is COC(=O)[C@@H]1N[C@H](c2ccccc2N2N=NC3C(=O)N(Cc4ccccc4)C(=O)C32)[C@@H]2C(=O)N(C)C(=O)[C@@H]21. The second kappa shape index (κ2) is 8.84. The Balaban J connectivity index is 1.35. The van der Waals surface area contributed by atoms with Gasteiger partial charge in [0.15, 0.2) is 12.1 Å². The molecule has 12 nitrogen and oxygen atoms in total. The minimum absolute atomic E-state index is 0.119. The van der Waals surface area contributed by atoms with Crippen molar-refractivity contribution < 1.29 is 28.7 Å². The zero-order chi connectivity index (χ0) is 26.7. The Morgan fingerprint density at radius 1 is 0.921 bits per heavy atom. The molecule has 0 aliphatic carbocycles. The van der Waals surface area contributed by atoms with Crippen molar-refractivity contribution in [1.29, 1.82) is 0 Å². The van der Waals surface area contributed by atoms with Crippen LogP contribution in [0.15, 0.2) is 64.9 Å². The van der Waals surface area contributed by atoms with Gasteiger partial charge in [-0.1, -0.05) is 53.8 Å². The van der Waals surface area contributed by atoms with E-state index in [0.717, 1.165) is 10.5 Å². The van der Waals surface area contributed by atoms with E-state index in [-0.39, 0.29) is 6.54 Å². The number of hydrogen-bond acceptors (Lipinski definition) is 10. The third-order valence-electron chi connectivity index (χ3n) is 7.73. The molecular weight excluding hydrogens is 492 g/mol. The number of para-hydroxylation sites is 1. The van der Waals surface area contributed by atoms with Gasteiger partial charge in [0.1, 0.15) is 6.04 Å². The van der Waals surface area contributed by atoms with E-state index in [2.05, 4.69) is 15.7 Å². The monoisotopic (exact) mass is 516 g/mol. The molecule has 6 atom stereocenters. The van der Waals surface area contributed by atoms with Crippen molar-refractivity contribution in [2.75, 3.05) is 19.2 Å². The Morgan fingerprint density at radius 2 is 1.61 bits per heavy atom. The van der Waals surface area contributed by atoms with Crippen molar-refractivity contribution in [3.63, 3.8) is 0 Å². The van der Waals surface area contributed by atoms with Gasteiger partial charge in [0, 0.05) is 13.1 Å². The molecule has 2 unspecified atom stereocenters. The standard InChI is InChI=1S/C26H24N6O6/c1-30-22(33)16-17(23(30)34)19(26(37)38-2)27-18(16)14-10-6-7-11-15(14)32-21-20(28-29-32)24(35)31(25(21)36)12-13-8-4-3-5-9-13/h3-11,16-21,27H,12H2,1-2H3/t16-,17+,18-,19-,20?,21?/m1/s1. The van der Waals surface area contributed by atoms with Gasteiger partial charge in [0.25, 0.3) is 11.8 Å². The lowest BCUT2D eigenvalue weighted by molar-refractivity contribution is -0.147. The van der Waals surface area contributed by atoms with Crippen LogP contribution in [-0.4, -0.2) is 71.7 Å². The fraction of sp³-hybridized carbons (Fsp3) is 0.346. The zero-order valence-electron chi connectivity index (χ0n) is 20.6. The van der Waals surface area contributed by atoms with Crippen LogP contribution in [0.25, 0.3) is 0 Å². The second-order valence-electron chi connectivity index (χ2n) is 9.68. The van der Waals surface area contributed by atoms with E-state index in [4.69, 9.17) is 4.74 Å². The maximum absolute atomic E-state index is 13.5. The summed E-state index contributed by atoms with van der Waals surface area (Å²) in [6.07, 6.45) is 0. The van der Waals surface area contributed by atoms with Crippen molar-refractivity contribution in [1.82, 2.24) is 15.1 Å². The highest BCUT2D eigenvalue weighted by Crippen LogP contribution is 2.47. The van der Waals surface area contributed by atoms with Crippen molar-refractivity contribution in [3.8, 4) is 0 Å². The maximum Gasteiger partial charge on any atom is 0.323 e. The van der Waals surface area contributed by atoms with Gasteiger partial charge in [-0.2, -0.15) is 5.11 Å². The average molecular weight is 517 g/mol. The molecule has 12 heteroatoms. The molecule has 2 aromatic rings. The average Bonchev–Trinajstić information content (AvgIpc) is 3.66.